The smallest absolute Gasteiger partial charge is 0.0785 e. The summed E-state index contributed by atoms with van der Waals surface area (Å²) in [5.74, 6) is 5.66. The van der Waals surface area contributed by atoms with Gasteiger partial charge in [0.1, 0.15) is 0 Å². The second-order valence-corrected chi connectivity index (χ2v) is 6.00. The van der Waals surface area contributed by atoms with Gasteiger partial charge in [-0.2, -0.15) is 0 Å². The van der Waals surface area contributed by atoms with Crippen LogP contribution in [-0.4, -0.2) is 19.3 Å². The van der Waals surface area contributed by atoms with Gasteiger partial charge in [0.05, 0.1) is 6.10 Å². The minimum absolute atomic E-state index is 0.120. The number of unbranched alkanes of at least 4 members (excludes halogenated alkanes) is 4. The maximum Gasteiger partial charge on any atom is 0.0785 e. The second-order valence-electron chi connectivity index (χ2n) is 6.00. The van der Waals surface area contributed by atoms with E-state index in [9.17, 15) is 0 Å². The first-order chi connectivity index (χ1) is 7.97. The number of ether oxygens (including phenoxy) is 1. The molecule has 0 bridgehead atoms. The van der Waals surface area contributed by atoms with Crippen LogP contribution in [0.5, 0.6) is 0 Å². The Balaban J connectivity index is 4.03. The molecule has 104 valence electrons. The van der Waals surface area contributed by atoms with Crippen molar-refractivity contribution in [2.75, 3.05) is 7.11 Å². The average molecular weight is 244 g/mol. The van der Waals surface area contributed by atoms with Gasteiger partial charge >= 0.3 is 0 Å². The largest absolute Gasteiger partial charge is 0.379 e. The van der Waals surface area contributed by atoms with Gasteiger partial charge in [-0.1, -0.05) is 59.8 Å². The number of nitrogens with one attached hydrogen (secondary N) is 1. The quantitative estimate of drug-likeness (QED) is 0.372. The highest BCUT2D eigenvalue weighted by molar-refractivity contribution is 4.84. The van der Waals surface area contributed by atoms with Crippen LogP contribution in [0.4, 0.5) is 0 Å². The minimum atomic E-state index is 0.120. The zero-order valence-electron chi connectivity index (χ0n) is 12.4. The fraction of sp³-hybridized carbons (Fsp3) is 1.00. The lowest BCUT2D eigenvalue weighted by Gasteiger charge is -2.35. The van der Waals surface area contributed by atoms with Crippen LogP contribution in [0.1, 0.15) is 66.2 Å². The van der Waals surface area contributed by atoms with Gasteiger partial charge in [0.15, 0.2) is 0 Å². The zero-order valence-corrected chi connectivity index (χ0v) is 12.4. The van der Waals surface area contributed by atoms with Gasteiger partial charge in [-0.25, -0.2) is 0 Å². The van der Waals surface area contributed by atoms with Crippen LogP contribution in [0.25, 0.3) is 0 Å². The molecule has 0 fully saturated rings. The molecule has 2 atom stereocenters. The molecule has 0 aromatic heterocycles. The van der Waals surface area contributed by atoms with E-state index in [0.29, 0.717) is 0 Å². The summed E-state index contributed by atoms with van der Waals surface area (Å²) in [5.41, 5.74) is 3.05. The fourth-order valence-electron chi connectivity index (χ4n) is 2.41. The van der Waals surface area contributed by atoms with Gasteiger partial charge in [0.2, 0.25) is 0 Å². The molecular formula is C14H32N2O. The lowest BCUT2D eigenvalue weighted by atomic mass is 9.83. The van der Waals surface area contributed by atoms with Crippen LogP contribution in [0.3, 0.4) is 0 Å². The third-order valence-electron chi connectivity index (χ3n) is 3.31. The molecule has 0 aromatic carbocycles. The third-order valence-corrected chi connectivity index (χ3v) is 3.31. The molecule has 0 saturated carbocycles. The Morgan fingerprint density at radius 2 is 1.71 bits per heavy atom. The molecular weight excluding hydrogens is 212 g/mol. The topological polar surface area (TPSA) is 47.3 Å². The van der Waals surface area contributed by atoms with Crippen molar-refractivity contribution in [1.29, 1.82) is 0 Å². The minimum Gasteiger partial charge on any atom is -0.379 e. The van der Waals surface area contributed by atoms with Crippen molar-refractivity contribution in [3.8, 4) is 0 Å². The number of hydrogen-bond donors (Lipinski definition) is 2. The molecule has 3 N–H and O–H groups in total. The van der Waals surface area contributed by atoms with Crippen molar-refractivity contribution < 1.29 is 4.74 Å². The van der Waals surface area contributed by atoms with Crippen LogP contribution in [0, 0.1) is 5.41 Å². The molecule has 0 aliphatic rings. The summed E-state index contributed by atoms with van der Waals surface area (Å²) in [6.45, 7) is 8.83. The van der Waals surface area contributed by atoms with E-state index in [1.165, 1.54) is 32.1 Å². The van der Waals surface area contributed by atoms with Gasteiger partial charge in [-0.3, -0.25) is 11.3 Å². The lowest BCUT2D eigenvalue weighted by molar-refractivity contribution is -0.0137. The molecule has 17 heavy (non-hydrogen) atoms. The Labute approximate surface area is 107 Å². The van der Waals surface area contributed by atoms with E-state index in [2.05, 4.69) is 33.1 Å². The molecule has 0 radical (unpaired) electrons. The first kappa shape index (κ1) is 16.9. The molecule has 2 unspecified atom stereocenters. The molecule has 3 nitrogen and oxygen atoms in total. The van der Waals surface area contributed by atoms with Crippen LogP contribution < -0.4 is 11.3 Å². The fourth-order valence-corrected chi connectivity index (χ4v) is 2.41. The molecule has 0 amide bonds. The molecule has 0 aromatic rings. The highest BCUT2D eigenvalue weighted by Gasteiger charge is 2.31. The van der Waals surface area contributed by atoms with Crippen molar-refractivity contribution in [3.63, 3.8) is 0 Å². The third kappa shape index (κ3) is 7.02. The predicted molar refractivity (Wildman–Crippen MR) is 74.7 cm³/mol. The molecule has 0 aliphatic heterocycles. The van der Waals surface area contributed by atoms with Crippen molar-refractivity contribution >= 4 is 0 Å². The van der Waals surface area contributed by atoms with Gasteiger partial charge in [0, 0.05) is 13.2 Å². The Bertz CT molecular complexity index is 178. The van der Waals surface area contributed by atoms with Crippen molar-refractivity contribution in [2.24, 2.45) is 11.3 Å². The standard InChI is InChI=1S/C14H32N2O/c1-6-7-8-9-10-11-12(16-15)13(17-5)14(2,3)4/h12-13,16H,6-11,15H2,1-5H3. The molecule has 0 aliphatic carbocycles. The van der Waals surface area contributed by atoms with Gasteiger partial charge in [0.25, 0.3) is 0 Å². The van der Waals surface area contributed by atoms with Crippen LogP contribution in [0.2, 0.25) is 0 Å². The van der Waals surface area contributed by atoms with Crippen LogP contribution >= 0.6 is 0 Å². The number of nitrogens with two attached hydrogens (primary N) is 1. The first-order valence-corrected chi connectivity index (χ1v) is 6.96. The summed E-state index contributed by atoms with van der Waals surface area (Å²) in [6.07, 6.45) is 7.75. The van der Waals surface area contributed by atoms with Gasteiger partial charge in [-0.05, 0) is 11.8 Å². The predicted octanol–water partition coefficient (Wildman–Crippen LogP) is 3.24. The summed E-state index contributed by atoms with van der Waals surface area (Å²) in [4.78, 5) is 0. The van der Waals surface area contributed by atoms with E-state index < -0.39 is 0 Å². The maximum absolute atomic E-state index is 5.66. The first-order valence-electron chi connectivity index (χ1n) is 6.96. The van der Waals surface area contributed by atoms with E-state index in [-0.39, 0.29) is 17.6 Å². The normalized spacial score (nSPS) is 15.9. The average Bonchev–Trinajstić information content (AvgIpc) is 2.25. The van der Waals surface area contributed by atoms with Crippen LogP contribution in [0.15, 0.2) is 0 Å². The molecule has 0 saturated heterocycles. The van der Waals surface area contributed by atoms with E-state index in [1.54, 1.807) is 7.11 Å². The van der Waals surface area contributed by atoms with E-state index in [1.807, 2.05) is 0 Å². The number of rotatable bonds is 9. The summed E-state index contributed by atoms with van der Waals surface area (Å²) in [5, 5.41) is 0. The van der Waals surface area contributed by atoms with E-state index in [4.69, 9.17) is 10.6 Å². The molecule has 0 spiro atoms. The maximum atomic E-state index is 5.66. The zero-order chi connectivity index (χ0) is 13.3. The van der Waals surface area contributed by atoms with Crippen molar-refractivity contribution in [3.05, 3.63) is 0 Å². The second kappa shape index (κ2) is 8.90. The highest BCUT2D eigenvalue weighted by Crippen LogP contribution is 2.26. The Morgan fingerprint density at radius 3 is 2.12 bits per heavy atom. The number of methoxy groups -OCH3 is 1. The Hall–Kier alpha value is -0.120. The summed E-state index contributed by atoms with van der Waals surface area (Å²) < 4.78 is 5.60. The SMILES string of the molecule is CCCCCCCC(NN)C(OC)C(C)(C)C. The van der Waals surface area contributed by atoms with Crippen molar-refractivity contribution in [2.45, 2.75) is 78.4 Å². The summed E-state index contributed by atoms with van der Waals surface area (Å²) in [6, 6.07) is 0.252. The summed E-state index contributed by atoms with van der Waals surface area (Å²) in [7, 11) is 1.78. The highest BCUT2D eigenvalue weighted by atomic mass is 16.5. The monoisotopic (exact) mass is 244 g/mol. The van der Waals surface area contributed by atoms with Gasteiger partial charge < -0.3 is 4.74 Å². The van der Waals surface area contributed by atoms with E-state index >= 15 is 0 Å². The van der Waals surface area contributed by atoms with Crippen molar-refractivity contribution in [1.82, 2.24) is 5.43 Å². The Morgan fingerprint density at radius 1 is 1.12 bits per heavy atom. The summed E-state index contributed by atoms with van der Waals surface area (Å²) >= 11 is 0. The Kier molecular flexibility index (Phi) is 8.83. The molecule has 0 rings (SSSR count). The molecule has 3 heteroatoms. The van der Waals surface area contributed by atoms with E-state index in [0.717, 1.165) is 6.42 Å². The molecule has 0 heterocycles. The van der Waals surface area contributed by atoms with Crippen LogP contribution in [-0.2, 0) is 4.74 Å². The van der Waals surface area contributed by atoms with Gasteiger partial charge in [-0.15, -0.1) is 0 Å². The number of hydrazine groups is 1. The lowest BCUT2D eigenvalue weighted by Crippen LogP contribution is -2.50. The number of hydrogen-bond acceptors (Lipinski definition) is 3.